The van der Waals surface area contributed by atoms with Gasteiger partial charge in [0.2, 0.25) is 0 Å². The second-order valence-electron chi connectivity index (χ2n) is 3.41. The summed E-state index contributed by atoms with van der Waals surface area (Å²) in [6.45, 7) is 4.74. The van der Waals surface area contributed by atoms with E-state index in [2.05, 4.69) is 0 Å². The highest BCUT2D eigenvalue weighted by Gasteiger charge is 2.12. The third-order valence-corrected chi connectivity index (χ3v) is 2.12. The number of hydrogen-bond donors (Lipinski definition) is 0. The van der Waals surface area contributed by atoms with Crippen LogP contribution in [0.5, 0.6) is 5.75 Å². The third-order valence-electron chi connectivity index (χ3n) is 2.12. The molecule has 1 rings (SSSR count). The minimum Gasteiger partial charge on any atom is -0.493 e. The van der Waals surface area contributed by atoms with E-state index in [1.54, 1.807) is 18.2 Å². The molecule has 0 fully saturated rings. The second kappa shape index (κ2) is 7.49. The van der Waals surface area contributed by atoms with Crippen LogP contribution in [0.4, 0.5) is 0 Å². The Morgan fingerprint density at radius 2 is 2.00 bits per heavy atom. The van der Waals surface area contributed by atoms with Crippen LogP contribution in [-0.4, -0.2) is 19.2 Å². The van der Waals surface area contributed by atoms with Crippen LogP contribution >= 0.6 is 0 Å². The average molecular weight is 234 g/mol. The first-order valence-electron chi connectivity index (χ1n) is 5.83. The lowest BCUT2D eigenvalue weighted by Crippen LogP contribution is -2.08. The van der Waals surface area contributed by atoms with Crippen molar-refractivity contribution in [3.05, 3.63) is 42.0 Å². The van der Waals surface area contributed by atoms with Gasteiger partial charge in [0.15, 0.2) is 0 Å². The number of carbonyl (C=O) groups excluding carboxylic acids is 1. The molecule has 0 aromatic heterocycles. The number of ether oxygens (including phenoxy) is 2. The molecule has 0 aliphatic carbocycles. The summed E-state index contributed by atoms with van der Waals surface area (Å²) in [7, 11) is 0. The highest BCUT2D eigenvalue weighted by molar-refractivity contribution is 5.92. The van der Waals surface area contributed by atoms with Gasteiger partial charge in [0.25, 0.3) is 0 Å². The molecule has 3 heteroatoms. The number of benzene rings is 1. The number of para-hydroxylation sites is 1. The number of allylic oxidation sites excluding steroid dienone is 1. The summed E-state index contributed by atoms with van der Waals surface area (Å²) >= 11 is 0. The monoisotopic (exact) mass is 234 g/mol. The van der Waals surface area contributed by atoms with E-state index in [4.69, 9.17) is 9.47 Å². The van der Waals surface area contributed by atoms with Crippen LogP contribution in [0.25, 0.3) is 0 Å². The largest absolute Gasteiger partial charge is 0.493 e. The fraction of sp³-hybridized carbons (Fsp3) is 0.357. The molecule has 0 saturated heterocycles. The lowest BCUT2D eigenvalue weighted by Gasteiger charge is -2.08. The Labute approximate surface area is 102 Å². The molecule has 0 heterocycles. The SMILES string of the molecule is CC/C=C/COC(=O)c1ccccc1OCC. The third kappa shape index (κ3) is 4.31. The Morgan fingerprint density at radius 1 is 1.24 bits per heavy atom. The zero-order valence-corrected chi connectivity index (χ0v) is 10.3. The molecule has 0 radical (unpaired) electrons. The second-order valence-corrected chi connectivity index (χ2v) is 3.41. The lowest BCUT2D eigenvalue weighted by atomic mass is 10.2. The zero-order valence-electron chi connectivity index (χ0n) is 10.3. The summed E-state index contributed by atoms with van der Waals surface area (Å²) < 4.78 is 10.5. The van der Waals surface area contributed by atoms with Crippen molar-refractivity contribution in [2.75, 3.05) is 13.2 Å². The van der Waals surface area contributed by atoms with E-state index in [0.717, 1.165) is 6.42 Å². The summed E-state index contributed by atoms with van der Waals surface area (Å²) in [5, 5.41) is 0. The summed E-state index contributed by atoms with van der Waals surface area (Å²) in [5.74, 6) is 0.217. The summed E-state index contributed by atoms with van der Waals surface area (Å²) in [6, 6.07) is 7.10. The molecule has 0 aliphatic heterocycles. The number of hydrogen-bond acceptors (Lipinski definition) is 3. The Morgan fingerprint density at radius 3 is 2.71 bits per heavy atom. The molecular formula is C14H18O3. The lowest BCUT2D eigenvalue weighted by molar-refractivity contribution is 0.0545. The summed E-state index contributed by atoms with van der Waals surface area (Å²) in [5.41, 5.74) is 0.472. The van der Waals surface area contributed by atoms with Crippen molar-refractivity contribution in [1.82, 2.24) is 0 Å². The molecule has 0 atom stereocenters. The van der Waals surface area contributed by atoms with Gasteiger partial charge in [0, 0.05) is 0 Å². The highest BCUT2D eigenvalue weighted by atomic mass is 16.5. The summed E-state index contributed by atoms with van der Waals surface area (Å²) in [6.07, 6.45) is 4.73. The Balaban J connectivity index is 2.64. The van der Waals surface area contributed by atoms with Gasteiger partial charge < -0.3 is 9.47 Å². The van der Waals surface area contributed by atoms with Crippen LogP contribution in [-0.2, 0) is 4.74 Å². The molecule has 0 amide bonds. The molecule has 1 aromatic carbocycles. The standard InChI is InChI=1S/C14H18O3/c1-3-5-8-11-17-14(15)12-9-6-7-10-13(12)16-4-2/h5-10H,3-4,11H2,1-2H3/b8-5+. The topological polar surface area (TPSA) is 35.5 Å². The Hall–Kier alpha value is -1.77. The first kappa shape index (κ1) is 13.3. The first-order valence-corrected chi connectivity index (χ1v) is 5.83. The van der Waals surface area contributed by atoms with Crippen LogP contribution in [0.2, 0.25) is 0 Å². The molecule has 1 aromatic rings. The van der Waals surface area contributed by atoms with Crippen molar-refractivity contribution in [3.8, 4) is 5.75 Å². The van der Waals surface area contributed by atoms with E-state index in [1.165, 1.54) is 0 Å². The van der Waals surface area contributed by atoms with Gasteiger partial charge in [-0.15, -0.1) is 0 Å². The van der Waals surface area contributed by atoms with Gasteiger partial charge in [-0.25, -0.2) is 4.79 Å². The van der Waals surface area contributed by atoms with Crippen molar-refractivity contribution in [2.24, 2.45) is 0 Å². The molecule has 92 valence electrons. The Kier molecular flexibility index (Phi) is 5.86. The molecule has 0 aliphatic rings. The minimum atomic E-state index is -0.352. The van der Waals surface area contributed by atoms with Gasteiger partial charge in [0.05, 0.1) is 6.61 Å². The molecule has 0 N–H and O–H groups in total. The predicted octanol–water partition coefficient (Wildman–Crippen LogP) is 3.21. The van der Waals surface area contributed by atoms with Crippen LogP contribution in [0.3, 0.4) is 0 Å². The predicted molar refractivity (Wildman–Crippen MR) is 67.3 cm³/mol. The van der Waals surface area contributed by atoms with Gasteiger partial charge >= 0.3 is 5.97 Å². The molecular weight excluding hydrogens is 216 g/mol. The van der Waals surface area contributed by atoms with E-state index in [-0.39, 0.29) is 5.97 Å². The first-order chi connectivity index (χ1) is 8.29. The van der Waals surface area contributed by atoms with Crippen LogP contribution in [0.1, 0.15) is 30.6 Å². The molecule has 0 spiro atoms. The maximum Gasteiger partial charge on any atom is 0.342 e. The van der Waals surface area contributed by atoms with E-state index in [9.17, 15) is 4.79 Å². The number of carbonyl (C=O) groups is 1. The minimum absolute atomic E-state index is 0.299. The normalized spacial score (nSPS) is 10.5. The van der Waals surface area contributed by atoms with E-state index in [1.807, 2.05) is 32.1 Å². The van der Waals surface area contributed by atoms with Crippen LogP contribution in [0, 0.1) is 0 Å². The van der Waals surface area contributed by atoms with E-state index < -0.39 is 0 Å². The van der Waals surface area contributed by atoms with Gasteiger partial charge in [-0.05, 0) is 25.5 Å². The molecule has 0 unspecified atom stereocenters. The molecule has 0 bridgehead atoms. The van der Waals surface area contributed by atoms with Gasteiger partial charge in [-0.3, -0.25) is 0 Å². The maximum atomic E-state index is 11.8. The quantitative estimate of drug-likeness (QED) is 0.560. The Bertz CT molecular complexity index is 383. The van der Waals surface area contributed by atoms with Gasteiger partial charge in [-0.2, -0.15) is 0 Å². The smallest absolute Gasteiger partial charge is 0.342 e. The van der Waals surface area contributed by atoms with E-state index >= 15 is 0 Å². The highest BCUT2D eigenvalue weighted by Crippen LogP contribution is 2.18. The van der Waals surface area contributed by atoms with Crippen LogP contribution in [0.15, 0.2) is 36.4 Å². The van der Waals surface area contributed by atoms with E-state index in [0.29, 0.717) is 24.5 Å². The van der Waals surface area contributed by atoms with Gasteiger partial charge in [0.1, 0.15) is 17.9 Å². The number of esters is 1. The van der Waals surface area contributed by atoms with Crippen molar-refractivity contribution in [1.29, 1.82) is 0 Å². The number of rotatable bonds is 6. The molecule has 3 nitrogen and oxygen atoms in total. The van der Waals surface area contributed by atoms with Crippen molar-refractivity contribution in [2.45, 2.75) is 20.3 Å². The molecule has 0 saturated carbocycles. The summed E-state index contributed by atoms with van der Waals surface area (Å²) in [4.78, 5) is 11.8. The van der Waals surface area contributed by atoms with Crippen molar-refractivity contribution in [3.63, 3.8) is 0 Å². The van der Waals surface area contributed by atoms with Gasteiger partial charge in [-0.1, -0.05) is 31.2 Å². The van der Waals surface area contributed by atoms with Crippen LogP contribution < -0.4 is 4.74 Å². The fourth-order valence-electron chi connectivity index (χ4n) is 1.35. The maximum absolute atomic E-state index is 11.8. The fourth-order valence-corrected chi connectivity index (χ4v) is 1.35. The molecule has 17 heavy (non-hydrogen) atoms. The van der Waals surface area contributed by atoms with Crippen molar-refractivity contribution >= 4 is 5.97 Å². The zero-order chi connectivity index (χ0) is 12.5. The average Bonchev–Trinajstić information content (AvgIpc) is 2.35. The van der Waals surface area contributed by atoms with Crippen molar-refractivity contribution < 1.29 is 14.3 Å².